The monoisotopic (exact) mass is 245 g/mol. The van der Waals surface area contributed by atoms with Crippen LogP contribution in [-0.4, -0.2) is 21.9 Å². The highest BCUT2D eigenvalue weighted by molar-refractivity contribution is 8.00. The minimum atomic E-state index is -0.616. The van der Waals surface area contributed by atoms with Crippen molar-refractivity contribution >= 4 is 17.4 Å². The van der Waals surface area contributed by atoms with Gasteiger partial charge < -0.3 is 5.11 Å². The van der Waals surface area contributed by atoms with Crippen LogP contribution in [0, 0.1) is 22.9 Å². The molecule has 0 aliphatic carbocycles. The lowest BCUT2D eigenvalue weighted by Crippen LogP contribution is -2.03. The van der Waals surface area contributed by atoms with Gasteiger partial charge in [0.05, 0.1) is 22.5 Å². The number of nitrogens with zero attached hydrogens (tertiary/aromatic N) is 1. The van der Waals surface area contributed by atoms with Crippen molar-refractivity contribution in [2.45, 2.75) is 24.0 Å². The molecule has 0 aliphatic rings. The molecule has 0 saturated heterocycles. The van der Waals surface area contributed by atoms with Gasteiger partial charge in [-0.2, -0.15) is 0 Å². The van der Waals surface area contributed by atoms with Crippen molar-refractivity contribution in [3.8, 4) is 0 Å². The summed E-state index contributed by atoms with van der Waals surface area (Å²) in [6.45, 7) is 3.21. The highest BCUT2D eigenvalue weighted by atomic mass is 32.2. The molecule has 0 aliphatic heterocycles. The maximum Gasteiger partial charge on any atom is 0.285 e. The number of nitro groups is 1. The normalized spacial score (nSPS) is 12.5. The van der Waals surface area contributed by atoms with Gasteiger partial charge >= 0.3 is 0 Å². The molecule has 16 heavy (non-hydrogen) atoms. The molecule has 0 saturated carbocycles. The van der Waals surface area contributed by atoms with Gasteiger partial charge in [0, 0.05) is 5.25 Å². The fraction of sp³-hybridized carbons (Fsp3) is 0.400. The van der Waals surface area contributed by atoms with Crippen LogP contribution in [0.3, 0.4) is 0 Å². The second kappa shape index (κ2) is 5.27. The molecule has 1 aromatic rings. The van der Waals surface area contributed by atoms with E-state index in [0.29, 0.717) is 10.5 Å². The first-order valence-corrected chi connectivity index (χ1v) is 5.55. The Hall–Kier alpha value is -1.14. The van der Waals surface area contributed by atoms with Crippen molar-refractivity contribution in [1.29, 1.82) is 0 Å². The van der Waals surface area contributed by atoms with Gasteiger partial charge in [-0.25, -0.2) is 4.39 Å². The number of thioether (sulfide) groups is 1. The van der Waals surface area contributed by atoms with Crippen molar-refractivity contribution in [3.63, 3.8) is 0 Å². The fourth-order valence-corrected chi connectivity index (χ4v) is 2.14. The number of nitro benzene ring substituents is 1. The number of halogens is 1. The summed E-state index contributed by atoms with van der Waals surface area (Å²) in [5, 5.41) is 19.4. The van der Waals surface area contributed by atoms with E-state index in [-0.39, 0.29) is 17.5 Å². The van der Waals surface area contributed by atoms with Gasteiger partial charge in [-0.3, -0.25) is 10.1 Å². The van der Waals surface area contributed by atoms with Gasteiger partial charge in [0.15, 0.2) is 0 Å². The van der Waals surface area contributed by atoms with Gasteiger partial charge in [0.25, 0.3) is 5.69 Å². The van der Waals surface area contributed by atoms with Crippen LogP contribution in [0.15, 0.2) is 17.0 Å². The lowest BCUT2D eigenvalue weighted by molar-refractivity contribution is -0.387. The summed E-state index contributed by atoms with van der Waals surface area (Å²) in [6, 6.07) is 2.35. The third kappa shape index (κ3) is 2.93. The SMILES string of the molecule is Cc1cc(SC(C)CO)c([N+](=O)[O-])cc1F. The van der Waals surface area contributed by atoms with Crippen molar-refractivity contribution < 1.29 is 14.4 Å². The second-order valence-electron chi connectivity index (χ2n) is 3.44. The van der Waals surface area contributed by atoms with E-state index in [1.807, 2.05) is 0 Å². The van der Waals surface area contributed by atoms with Crippen molar-refractivity contribution in [2.24, 2.45) is 0 Å². The van der Waals surface area contributed by atoms with E-state index in [9.17, 15) is 14.5 Å². The molecule has 0 aromatic heterocycles. The van der Waals surface area contributed by atoms with Crippen LogP contribution < -0.4 is 0 Å². The fourth-order valence-electron chi connectivity index (χ4n) is 1.14. The van der Waals surface area contributed by atoms with E-state index in [4.69, 9.17) is 5.11 Å². The highest BCUT2D eigenvalue weighted by Crippen LogP contribution is 2.33. The van der Waals surface area contributed by atoms with Crippen molar-refractivity contribution in [2.75, 3.05) is 6.61 Å². The maximum absolute atomic E-state index is 13.2. The van der Waals surface area contributed by atoms with E-state index in [1.165, 1.54) is 6.07 Å². The van der Waals surface area contributed by atoms with Gasteiger partial charge in [0.2, 0.25) is 0 Å². The Kier molecular flexibility index (Phi) is 4.26. The first-order chi connectivity index (χ1) is 7.45. The number of hydrogen-bond acceptors (Lipinski definition) is 4. The van der Waals surface area contributed by atoms with Crippen molar-refractivity contribution in [1.82, 2.24) is 0 Å². The Morgan fingerprint density at radius 2 is 2.25 bits per heavy atom. The first-order valence-electron chi connectivity index (χ1n) is 4.67. The largest absolute Gasteiger partial charge is 0.395 e. The van der Waals surface area contributed by atoms with Gasteiger partial charge in [-0.05, 0) is 18.6 Å². The number of aliphatic hydroxyl groups is 1. The number of aliphatic hydroxyl groups excluding tert-OH is 1. The van der Waals surface area contributed by atoms with Crippen LogP contribution in [-0.2, 0) is 0 Å². The van der Waals surface area contributed by atoms with Gasteiger partial charge in [0.1, 0.15) is 5.82 Å². The Morgan fingerprint density at radius 3 is 2.75 bits per heavy atom. The van der Waals surface area contributed by atoms with Crippen LogP contribution in [0.1, 0.15) is 12.5 Å². The average Bonchev–Trinajstić information content (AvgIpc) is 2.22. The molecule has 0 fully saturated rings. The number of aryl methyl sites for hydroxylation is 1. The van der Waals surface area contributed by atoms with Crippen LogP contribution in [0.4, 0.5) is 10.1 Å². The number of hydrogen-bond donors (Lipinski definition) is 1. The molecule has 1 rings (SSSR count). The van der Waals surface area contributed by atoms with Gasteiger partial charge in [-0.1, -0.05) is 6.92 Å². The predicted octanol–water partition coefficient (Wildman–Crippen LogP) is 2.52. The molecule has 1 unspecified atom stereocenters. The number of benzene rings is 1. The molecule has 0 spiro atoms. The number of rotatable bonds is 4. The van der Waals surface area contributed by atoms with E-state index in [1.54, 1.807) is 13.8 Å². The van der Waals surface area contributed by atoms with Crippen LogP contribution >= 0.6 is 11.8 Å². The summed E-state index contributed by atoms with van der Waals surface area (Å²) in [5.74, 6) is -0.590. The highest BCUT2D eigenvalue weighted by Gasteiger charge is 2.19. The zero-order valence-corrected chi connectivity index (χ0v) is 9.75. The summed E-state index contributed by atoms with van der Waals surface area (Å²) in [7, 11) is 0. The summed E-state index contributed by atoms with van der Waals surface area (Å²) >= 11 is 1.16. The quantitative estimate of drug-likeness (QED) is 0.503. The zero-order chi connectivity index (χ0) is 12.3. The minimum Gasteiger partial charge on any atom is -0.395 e. The molecule has 88 valence electrons. The summed E-state index contributed by atoms with van der Waals surface area (Å²) in [6.07, 6.45) is 0. The Balaban J connectivity index is 3.14. The standard InChI is InChI=1S/C10H12FNO3S/c1-6-3-10(16-7(2)5-13)9(12(14)15)4-8(6)11/h3-4,7,13H,5H2,1-2H3. The van der Waals surface area contributed by atoms with E-state index in [2.05, 4.69) is 0 Å². The summed E-state index contributed by atoms with van der Waals surface area (Å²) < 4.78 is 13.2. The van der Waals surface area contributed by atoms with Gasteiger partial charge in [-0.15, -0.1) is 11.8 Å². The topological polar surface area (TPSA) is 63.4 Å². The summed E-state index contributed by atoms with van der Waals surface area (Å²) in [4.78, 5) is 10.5. The predicted molar refractivity (Wildman–Crippen MR) is 60.2 cm³/mol. The lowest BCUT2D eigenvalue weighted by atomic mass is 10.2. The second-order valence-corrected chi connectivity index (χ2v) is 4.92. The van der Waals surface area contributed by atoms with Crippen molar-refractivity contribution in [3.05, 3.63) is 33.6 Å². The molecule has 0 bridgehead atoms. The zero-order valence-electron chi connectivity index (χ0n) is 8.94. The van der Waals surface area contributed by atoms with Crippen LogP contribution in [0.5, 0.6) is 0 Å². The molecular formula is C10H12FNO3S. The molecule has 0 heterocycles. The maximum atomic E-state index is 13.2. The molecule has 0 radical (unpaired) electrons. The van der Waals surface area contributed by atoms with E-state index >= 15 is 0 Å². The molecule has 1 atom stereocenters. The summed E-state index contributed by atoms with van der Waals surface area (Å²) in [5.41, 5.74) is 0.103. The minimum absolute atomic E-state index is 0.0851. The molecular weight excluding hydrogens is 233 g/mol. The van der Waals surface area contributed by atoms with E-state index in [0.717, 1.165) is 17.8 Å². The Labute approximate surface area is 96.6 Å². The molecule has 4 nitrogen and oxygen atoms in total. The third-order valence-electron chi connectivity index (χ3n) is 2.02. The molecule has 0 amide bonds. The Bertz CT molecular complexity index is 411. The molecule has 1 aromatic carbocycles. The smallest absolute Gasteiger partial charge is 0.285 e. The molecule has 6 heteroatoms. The van der Waals surface area contributed by atoms with E-state index < -0.39 is 10.7 Å². The lowest BCUT2D eigenvalue weighted by Gasteiger charge is -2.09. The van der Waals surface area contributed by atoms with Crippen LogP contribution in [0.2, 0.25) is 0 Å². The van der Waals surface area contributed by atoms with Crippen LogP contribution in [0.25, 0.3) is 0 Å². The average molecular weight is 245 g/mol. The first kappa shape index (κ1) is 12.9. The Morgan fingerprint density at radius 1 is 1.62 bits per heavy atom. The molecule has 1 N–H and O–H groups in total. The third-order valence-corrected chi connectivity index (χ3v) is 3.15.